The molecule has 1 aliphatic rings. The molecular formula is C44H29NOS. The molecule has 3 heteroatoms. The number of hydrogen-bond acceptors (Lipinski definition) is 3. The Balaban J connectivity index is 1.34. The van der Waals surface area contributed by atoms with E-state index in [9.17, 15) is 0 Å². The van der Waals surface area contributed by atoms with Crippen molar-refractivity contribution in [3.05, 3.63) is 174 Å². The quantitative estimate of drug-likeness (QED) is 0.195. The molecule has 0 amide bonds. The molecule has 0 bridgehead atoms. The molecular weight excluding hydrogens is 591 g/mol. The first-order chi connectivity index (χ1) is 23.2. The molecule has 0 saturated heterocycles. The van der Waals surface area contributed by atoms with Crippen molar-refractivity contribution in [2.24, 2.45) is 0 Å². The van der Waals surface area contributed by atoms with Crippen LogP contribution in [0.4, 0.5) is 17.1 Å². The highest BCUT2D eigenvalue weighted by molar-refractivity contribution is 7.25. The fourth-order valence-electron chi connectivity index (χ4n) is 7.98. The van der Waals surface area contributed by atoms with Crippen molar-refractivity contribution in [3.63, 3.8) is 0 Å². The van der Waals surface area contributed by atoms with Crippen LogP contribution in [-0.4, -0.2) is 0 Å². The molecule has 0 atom stereocenters. The fraction of sp³-hybridized carbons (Fsp3) is 0.0455. The Morgan fingerprint density at radius 2 is 1.11 bits per heavy atom. The molecule has 9 aromatic rings. The smallest absolute Gasteiger partial charge is 0.159 e. The molecule has 0 unspecified atom stereocenters. The summed E-state index contributed by atoms with van der Waals surface area (Å²) in [7, 11) is 0. The third-order valence-electron chi connectivity index (χ3n) is 10.1. The Morgan fingerprint density at radius 3 is 1.89 bits per heavy atom. The maximum absolute atomic E-state index is 6.93. The van der Waals surface area contributed by atoms with Gasteiger partial charge in [-0.2, -0.15) is 0 Å². The van der Waals surface area contributed by atoms with Crippen molar-refractivity contribution in [1.82, 2.24) is 0 Å². The standard InChI is InChI=1S/C44H29NOS/c1-44(36-19-9-5-15-30(36)31-16-6-10-20-37(31)44)38-26-25-35-32-17-7-11-21-39(32)46-43(35)42(38)45(28-13-3-2-4-14-28)29-23-24-34-33-18-8-12-22-40(33)47-41(34)27-29/h2-27H,1H3. The van der Waals surface area contributed by atoms with Gasteiger partial charge in [0.1, 0.15) is 5.58 Å². The van der Waals surface area contributed by atoms with Gasteiger partial charge in [0.25, 0.3) is 0 Å². The van der Waals surface area contributed by atoms with Gasteiger partial charge in [-0.05, 0) is 71.1 Å². The van der Waals surface area contributed by atoms with Crippen LogP contribution in [0.1, 0.15) is 23.6 Å². The average molecular weight is 620 g/mol. The average Bonchev–Trinajstić information content (AvgIpc) is 3.78. The SMILES string of the molecule is CC1(c2ccc3c(oc4ccccc43)c2N(c2ccccc2)c2ccc3c(c2)sc2ccccc23)c2ccccc2-c2ccccc21. The first kappa shape index (κ1) is 26.6. The highest BCUT2D eigenvalue weighted by Gasteiger charge is 2.43. The molecule has 47 heavy (non-hydrogen) atoms. The summed E-state index contributed by atoms with van der Waals surface area (Å²) in [5.41, 5.74) is 11.0. The number of furan rings is 1. The van der Waals surface area contributed by atoms with E-state index in [4.69, 9.17) is 4.42 Å². The fourth-order valence-corrected chi connectivity index (χ4v) is 9.12. The monoisotopic (exact) mass is 619 g/mol. The van der Waals surface area contributed by atoms with E-state index in [0.717, 1.165) is 39.0 Å². The van der Waals surface area contributed by atoms with Gasteiger partial charge < -0.3 is 9.32 Å². The van der Waals surface area contributed by atoms with Crippen molar-refractivity contribution in [1.29, 1.82) is 0 Å². The van der Waals surface area contributed by atoms with Crippen molar-refractivity contribution in [2.45, 2.75) is 12.3 Å². The molecule has 10 rings (SSSR count). The summed E-state index contributed by atoms with van der Waals surface area (Å²) in [5, 5.41) is 4.83. The summed E-state index contributed by atoms with van der Waals surface area (Å²) in [6.45, 7) is 2.39. The van der Waals surface area contributed by atoms with E-state index in [-0.39, 0.29) is 0 Å². The van der Waals surface area contributed by atoms with Gasteiger partial charge in [-0.1, -0.05) is 121 Å². The molecule has 2 heterocycles. The summed E-state index contributed by atoms with van der Waals surface area (Å²) in [5.74, 6) is 0. The number of thiophene rings is 1. The number of fused-ring (bicyclic) bond motifs is 9. The van der Waals surface area contributed by atoms with Crippen LogP contribution in [0.3, 0.4) is 0 Å². The minimum Gasteiger partial charge on any atom is -0.454 e. The zero-order valence-electron chi connectivity index (χ0n) is 25.8. The number of rotatable bonds is 4. The predicted octanol–water partition coefficient (Wildman–Crippen LogP) is 12.8. The molecule has 0 aliphatic heterocycles. The van der Waals surface area contributed by atoms with Gasteiger partial charge in [0.05, 0.1) is 5.69 Å². The summed E-state index contributed by atoms with van der Waals surface area (Å²) < 4.78 is 9.50. The lowest BCUT2D eigenvalue weighted by atomic mass is 9.73. The van der Waals surface area contributed by atoms with E-state index in [1.807, 2.05) is 11.3 Å². The summed E-state index contributed by atoms with van der Waals surface area (Å²) in [4.78, 5) is 2.43. The maximum Gasteiger partial charge on any atom is 0.159 e. The van der Waals surface area contributed by atoms with Crippen molar-refractivity contribution in [3.8, 4) is 11.1 Å². The van der Waals surface area contributed by atoms with Gasteiger partial charge in [0, 0.05) is 47.7 Å². The maximum atomic E-state index is 6.93. The minimum absolute atomic E-state index is 0.426. The second kappa shape index (κ2) is 9.93. The highest BCUT2D eigenvalue weighted by Crippen LogP contribution is 2.57. The van der Waals surface area contributed by atoms with Crippen LogP contribution >= 0.6 is 11.3 Å². The van der Waals surface area contributed by atoms with Crippen LogP contribution in [0, 0.1) is 0 Å². The van der Waals surface area contributed by atoms with Gasteiger partial charge in [-0.3, -0.25) is 0 Å². The van der Waals surface area contributed by atoms with E-state index < -0.39 is 5.41 Å². The third-order valence-corrected chi connectivity index (χ3v) is 11.3. The van der Waals surface area contributed by atoms with Crippen molar-refractivity contribution in [2.75, 3.05) is 4.90 Å². The number of hydrogen-bond donors (Lipinski definition) is 0. The van der Waals surface area contributed by atoms with E-state index >= 15 is 0 Å². The van der Waals surface area contributed by atoms with E-state index in [2.05, 4.69) is 170 Å². The molecule has 0 N–H and O–H groups in total. The lowest BCUT2D eigenvalue weighted by Crippen LogP contribution is -2.26. The summed E-state index contributed by atoms with van der Waals surface area (Å²) >= 11 is 1.85. The topological polar surface area (TPSA) is 16.4 Å². The number of para-hydroxylation sites is 2. The zero-order chi connectivity index (χ0) is 31.1. The number of benzene rings is 7. The first-order valence-electron chi connectivity index (χ1n) is 16.1. The van der Waals surface area contributed by atoms with Crippen LogP contribution in [0.15, 0.2) is 162 Å². The van der Waals surface area contributed by atoms with Gasteiger partial charge in [0.2, 0.25) is 0 Å². The third kappa shape index (κ3) is 3.72. The van der Waals surface area contributed by atoms with Crippen LogP contribution in [-0.2, 0) is 5.41 Å². The van der Waals surface area contributed by atoms with E-state index in [0.29, 0.717) is 0 Å². The van der Waals surface area contributed by atoms with Gasteiger partial charge in [-0.15, -0.1) is 11.3 Å². The summed E-state index contributed by atoms with van der Waals surface area (Å²) in [6.07, 6.45) is 0. The normalized spacial score (nSPS) is 13.4. The molecule has 0 spiro atoms. The Hall–Kier alpha value is -5.64. The zero-order valence-corrected chi connectivity index (χ0v) is 26.6. The highest BCUT2D eigenvalue weighted by atomic mass is 32.1. The Kier molecular flexibility index (Phi) is 5.61. The molecule has 2 nitrogen and oxygen atoms in total. The van der Waals surface area contributed by atoms with E-state index in [1.165, 1.54) is 48.0 Å². The summed E-state index contributed by atoms with van der Waals surface area (Å²) in [6, 6.07) is 57.2. The lowest BCUT2D eigenvalue weighted by Gasteiger charge is -2.35. The van der Waals surface area contributed by atoms with Gasteiger partial charge in [-0.25, -0.2) is 0 Å². The molecule has 222 valence electrons. The first-order valence-corrected chi connectivity index (χ1v) is 16.9. The molecule has 0 fully saturated rings. The van der Waals surface area contributed by atoms with Gasteiger partial charge in [0.15, 0.2) is 5.58 Å². The van der Waals surface area contributed by atoms with E-state index in [1.54, 1.807) is 0 Å². The second-order valence-electron chi connectivity index (χ2n) is 12.6. The van der Waals surface area contributed by atoms with Crippen LogP contribution < -0.4 is 4.90 Å². The largest absolute Gasteiger partial charge is 0.454 e. The second-order valence-corrected chi connectivity index (χ2v) is 13.7. The predicted molar refractivity (Wildman–Crippen MR) is 199 cm³/mol. The van der Waals surface area contributed by atoms with Crippen LogP contribution in [0.25, 0.3) is 53.2 Å². The Labute approximate surface area is 276 Å². The molecule has 0 radical (unpaired) electrons. The van der Waals surface area contributed by atoms with Crippen LogP contribution in [0.5, 0.6) is 0 Å². The Morgan fingerprint density at radius 1 is 0.489 bits per heavy atom. The minimum atomic E-state index is -0.426. The van der Waals surface area contributed by atoms with Gasteiger partial charge >= 0.3 is 0 Å². The number of nitrogens with zero attached hydrogens (tertiary/aromatic N) is 1. The molecule has 1 aliphatic carbocycles. The van der Waals surface area contributed by atoms with Crippen molar-refractivity contribution >= 4 is 70.5 Å². The number of anilines is 3. The Bertz CT molecular complexity index is 2620. The van der Waals surface area contributed by atoms with Crippen molar-refractivity contribution < 1.29 is 4.42 Å². The molecule has 2 aromatic heterocycles. The molecule has 0 saturated carbocycles. The van der Waals surface area contributed by atoms with Crippen LogP contribution in [0.2, 0.25) is 0 Å². The molecule has 7 aromatic carbocycles. The lowest BCUT2D eigenvalue weighted by molar-refractivity contribution is 0.662.